The Hall–Kier alpha value is -4.41. The fourth-order valence-electron chi connectivity index (χ4n) is 3.02. The minimum Gasteiger partial charge on any atom is -0.480 e. The molecule has 0 bridgehead atoms. The van der Waals surface area contributed by atoms with Crippen molar-refractivity contribution >= 4 is 23.6 Å². The van der Waals surface area contributed by atoms with E-state index in [1.807, 2.05) is 30.3 Å². The van der Waals surface area contributed by atoms with E-state index in [0.717, 1.165) is 17.7 Å². The first kappa shape index (κ1) is 27.8. The third-order valence-corrected chi connectivity index (χ3v) is 4.72. The van der Waals surface area contributed by atoms with Gasteiger partial charge in [0, 0.05) is 12.6 Å². The number of hydrogen-bond donors (Lipinski definition) is 4. The summed E-state index contributed by atoms with van der Waals surface area (Å²) in [6.07, 6.45) is 3.49. The first-order valence-corrected chi connectivity index (χ1v) is 11.0. The largest absolute Gasteiger partial charge is 0.480 e. The molecule has 0 spiro atoms. The van der Waals surface area contributed by atoms with E-state index in [2.05, 4.69) is 20.6 Å². The topological polar surface area (TPSA) is 147 Å². The fraction of sp³-hybridized carbons (Fsp3) is 0.240. The Balaban J connectivity index is 0.000000255. The molecule has 0 saturated heterocycles. The van der Waals surface area contributed by atoms with Crippen LogP contribution in [-0.2, 0) is 22.6 Å². The van der Waals surface area contributed by atoms with Crippen molar-refractivity contribution in [1.29, 1.82) is 0 Å². The standard InChI is InChI=1S/C13H15F2NO3.C12H12N4O/c1-2-3-11(13(18)19)16-12(17)6-8-4-9(14)7-10(15)5-8;13-12(17)10-7-16-11(8-14-10)15-6-9-4-2-1-3-5-9/h4-5,7,11H,2-3,6H2,1H3,(H,16,17)(H,18,19);1-5,7-8H,6H2,(H2,13,17)(H,15,16). The van der Waals surface area contributed by atoms with Crippen molar-refractivity contribution < 1.29 is 28.3 Å². The van der Waals surface area contributed by atoms with Crippen LogP contribution in [0.5, 0.6) is 0 Å². The lowest BCUT2D eigenvalue weighted by Gasteiger charge is -2.13. The molecule has 0 aliphatic carbocycles. The third kappa shape index (κ3) is 9.84. The average molecular weight is 500 g/mol. The summed E-state index contributed by atoms with van der Waals surface area (Å²) in [5.41, 5.74) is 6.54. The molecule has 1 heterocycles. The van der Waals surface area contributed by atoms with Crippen LogP contribution in [0.4, 0.5) is 14.6 Å². The van der Waals surface area contributed by atoms with Crippen molar-refractivity contribution in [3.8, 4) is 0 Å². The van der Waals surface area contributed by atoms with Crippen LogP contribution in [0, 0.1) is 11.6 Å². The van der Waals surface area contributed by atoms with E-state index >= 15 is 0 Å². The lowest BCUT2D eigenvalue weighted by molar-refractivity contribution is -0.141. The van der Waals surface area contributed by atoms with Crippen molar-refractivity contribution in [3.05, 3.63) is 89.4 Å². The maximum atomic E-state index is 12.9. The molecule has 11 heteroatoms. The number of halogens is 2. The molecule has 9 nitrogen and oxygen atoms in total. The fourth-order valence-corrected chi connectivity index (χ4v) is 3.02. The lowest BCUT2D eigenvalue weighted by atomic mass is 10.1. The number of amides is 2. The van der Waals surface area contributed by atoms with Gasteiger partial charge in [0.2, 0.25) is 5.91 Å². The average Bonchev–Trinajstić information content (AvgIpc) is 2.83. The molecule has 2 amide bonds. The zero-order valence-electron chi connectivity index (χ0n) is 19.6. The summed E-state index contributed by atoms with van der Waals surface area (Å²) in [4.78, 5) is 41.2. The Morgan fingerprint density at radius 1 is 1.00 bits per heavy atom. The Kier molecular flexibility index (Phi) is 10.9. The van der Waals surface area contributed by atoms with Gasteiger partial charge in [-0.25, -0.2) is 23.5 Å². The summed E-state index contributed by atoms with van der Waals surface area (Å²) in [7, 11) is 0. The van der Waals surface area contributed by atoms with Crippen LogP contribution >= 0.6 is 0 Å². The number of aromatic nitrogens is 2. The minimum absolute atomic E-state index is 0.162. The smallest absolute Gasteiger partial charge is 0.326 e. The number of primary amides is 1. The van der Waals surface area contributed by atoms with Crippen LogP contribution < -0.4 is 16.4 Å². The summed E-state index contributed by atoms with van der Waals surface area (Å²) in [5.74, 6) is -3.21. The number of carboxylic acids is 1. The molecule has 0 aliphatic heterocycles. The number of nitrogens with two attached hydrogens (primary N) is 1. The van der Waals surface area contributed by atoms with Gasteiger partial charge in [0.05, 0.1) is 18.8 Å². The second-order valence-electron chi connectivity index (χ2n) is 7.69. The molecule has 0 radical (unpaired) electrons. The maximum Gasteiger partial charge on any atom is 0.326 e. The highest BCUT2D eigenvalue weighted by molar-refractivity contribution is 5.90. The van der Waals surface area contributed by atoms with E-state index in [0.29, 0.717) is 31.3 Å². The van der Waals surface area contributed by atoms with Gasteiger partial charge in [0.1, 0.15) is 29.2 Å². The van der Waals surface area contributed by atoms with Crippen LogP contribution in [0.15, 0.2) is 60.9 Å². The second-order valence-corrected chi connectivity index (χ2v) is 7.69. The predicted octanol–water partition coefficient (Wildman–Crippen LogP) is 3.06. The molecule has 0 aliphatic rings. The lowest BCUT2D eigenvalue weighted by Crippen LogP contribution is -2.41. The third-order valence-electron chi connectivity index (χ3n) is 4.72. The number of carboxylic acid groups (broad SMARTS) is 1. The number of benzene rings is 2. The molecule has 3 aromatic rings. The minimum atomic E-state index is -1.12. The Bertz CT molecular complexity index is 1140. The van der Waals surface area contributed by atoms with E-state index in [1.54, 1.807) is 6.92 Å². The molecular weight excluding hydrogens is 472 g/mol. The highest BCUT2D eigenvalue weighted by atomic mass is 19.1. The molecule has 3 rings (SSSR count). The molecule has 0 saturated carbocycles. The SMILES string of the molecule is CCCC(NC(=O)Cc1cc(F)cc(F)c1)C(=O)O.NC(=O)c1cnc(NCc2ccccc2)cn1. The molecule has 190 valence electrons. The second kappa shape index (κ2) is 14.1. The summed E-state index contributed by atoms with van der Waals surface area (Å²) in [6, 6.07) is 11.7. The highest BCUT2D eigenvalue weighted by Crippen LogP contribution is 2.09. The first-order chi connectivity index (χ1) is 17.2. The highest BCUT2D eigenvalue weighted by Gasteiger charge is 2.19. The molecule has 1 atom stereocenters. The molecular formula is C25H27F2N5O4. The Morgan fingerprint density at radius 2 is 1.67 bits per heavy atom. The molecule has 5 N–H and O–H groups in total. The van der Waals surface area contributed by atoms with Gasteiger partial charge in [-0.3, -0.25) is 9.59 Å². The van der Waals surface area contributed by atoms with Gasteiger partial charge in [-0.2, -0.15) is 0 Å². The van der Waals surface area contributed by atoms with E-state index in [1.165, 1.54) is 12.4 Å². The normalized spacial score (nSPS) is 11.0. The van der Waals surface area contributed by atoms with E-state index in [4.69, 9.17) is 10.8 Å². The van der Waals surface area contributed by atoms with Gasteiger partial charge >= 0.3 is 5.97 Å². The van der Waals surface area contributed by atoms with Gasteiger partial charge in [-0.15, -0.1) is 0 Å². The van der Waals surface area contributed by atoms with Gasteiger partial charge in [0.25, 0.3) is 5.91 Å². The quantitative estimate of drug-likeness (QED) is 0.335. The van der Waals surface area contributed by atoms with Gasteiger partial charge in [-0.05, 0) is 29.7 Å². The number of carbonyl (C=O) groups excluding carboxylic acids is 2. The zero-order chi connectivity index (χ0) is 26.5. The molecule has 36 heavy (non-hydrogen) atoms. The maximum absolute atomic E-state index is 12.9. The van der Waals surface area contributed by atoms with E-state index in [9.17, 15) is 23.2 Å². The van der Waals surface area contributed by atoms with Crippen molar-refractivity contribution in [3.63, 3.8) is 0 Å². The number of nitrogens with one attached hydrogen (secondary N) is 2. The van der Waals surface area contributed by atoms with Crippen LogP contribution in [-0.4, -0.2) is 38.9 Å². The van der Waals surface area contributed by atoms with Crippen LogP contribution in [0.25, 0.3) is 0 Å². The van der Waals surface area contributed by atoms with E-state index < -0.39 is 35.5 Å². The molecule has 2 aromatic carbocycles. The molecule has 1 aromatic heterocycles. The molecule has 1 unspecified atom stereocenters. The monoisotopic (exact) mass is 499 g/mol. The first-order valence-electron chi connectivity index (χ1n) is 11.0. The van der Waals surface area contributed by atoms with E-state index in [-0.39, 0.29) is 17.7 Å². The van der Waals surface area contributed by atoms with Gasteiger partial charge in [0.15, 0.2) is 0 Å². The number of aliphatic carboxylic acids is 1. The number of carbonyl (C=O) groups is 3. The van der Waals surface area contributed by atoms with Crippen molar-refractivity contribution in [2.75, 3.05) is 5.32 Å². The zero-order valence-corrected chi connectivity index (χ0v) is 19.6. The Morgan fingerprint density at radius 3 is 2.19 bits per heavy atom. The van der Waals surface area contributed by atoms with Crippen LogP contribution in [0.1, 0.15) is 41.4 Å². The van der Waals surface area contributed by atoms with Gasteiger partial charge < -0.3 is 21.5 Å². The van der Waals surface area contributed by atoms with Crippen molar-refractivity contribution in [2.45, 2.75) is 38.8 Å². The van der Waals surface area contributed by atoms with Gasteiger partial charge in [-0.1, -0.05) is 43.7 Å². The number of anilines is 1. The van der Waals surface area contributed by atoms with Crippen LogP contribution in [0.3, 0.4) is 0 Å². The summed E-state index contributed by atoms with van der Waals surface area (Å²) < 4.78 is 25.8. The van der Waals surface area contributed by atoms with Crippen molar-refractivity contribution in [1.82, 2.24) is 15.3 Å². The number of nitrogens with zero attached hydrogens (tertiary/aromatic N) is 2. The predicted molar refractivity (Wildman–Crippen MR) is 129 cm³/mol. The Labute approximate surface area is 206 Å². The number of rotatable bonds is 10. The molecule has 0 fully saturated rings. The summed E-state index contributed by atoms with van der Waals surface area (Å²) >= 11 is 0. The summed E-state index contributed by atoms with van der Waals surface area (Å²) in [6.45, 7) is 2.45. The van der Waals surface area contributed by atoms with Crippen molar-refractivity contribution in [2.24, 2.45) is 5.73 Å². The number of hydrogen-bond acceptors (Lipinski definition) is 6. The van der Waals surface area contributed by atoms with Crippen LogP contribution in [0.2, 0.25) is 0 Å². The summed E-state index contributed by atoms with van der Waals surface area (Å²) in [5, 5.41) is 14.3.